The fraction of sp³-hybridized carbons (Fsp3) is 0.278. The smallest absolute Gasteiger partial charge is 0.346 e. The monoisotopic (exact) mass is 408 g/mol. The molecule has 0 bridgehead atoms. The van der Waals surface area contributed by atoms with Crippen molar-refractivity contribution in [2.24, 2.45) is 0 Å². The van der Waals surface area contributed by atoms with Crippen molar-refractivity contribution >= 4 is 21.9 Å². The maximum absolute atomic E-state index is 12.5. The number of benzene rings is 2. The van der Waals surface area contributed by atoms with Crippen molar-refractivity contribution in [3.8, 4) is 23.0 Å². The number of esters is 1. The van der Waals surface area contributed by atoms with Crippen LogP contribution in [0.2, 0.25) is 0 Å². The predicted octanol–water partition coefficient (Wildman–Crippen LogP) is 3.59. The van der Waals surface area contributed by atoms with Gasteiger partial charge in [-0.3, -0.25) is 0 Å². The van der Waals surface area contributed by atoms with Gasteiger partial charge in [-0.05, 0) is 24.3 Å². The minimum Gasteiger partial charge on any atom is -0.496 e. The molecular weight excluding hydrogens is 392 g/mol. The van der Waals surface area contributed by atoms with Crippen molar-refractivity contribution in [2.75, 3.05) is 27.4 Å². The zero-order chi connectivity index (χ0) is 17.8. The Balaban J connectivity index is 1.79. The number of carbonyl (C=O) groups excluding carboxylic acids is 1. The topological polar surface area (TPSA) is 63.2 Å². The van der Waals surface area contributed by atoms with E-state index < -0.39 is 5.97 Å². The van der Waals surface area contributed by atoms with Crippen molar-refractivity contribution in [1.29, 1.82) is 0 Å². The summed E-state index contributed by atoms with van der Waals surface area (Å²) in [7, 11) is 2.98. The molecule has 0 aromatic heterocycles. The second-order valence-electron chi connectivity index (χ2n) is 5.20. The molecule has 0 saturated carbocycles. The van der Waals surface area contributed by atoms with Crippen LogP contribution >= 0.6 is 15.9 Å². The van der Waals surface area contributed by atoms with Crippen LogP contribution in [0.4, 0.5) is 0 Å². The third kappa shape index (κ3) is 3.66. The molecule has 1 aliphatic rings. The van der Waals surface area contributed by atoms with Gasteiger partial charge in [-0.2, -0.15) is 0 Å². The lowest BCUT2D eigenvalue weighted by Crippen LogP contribution is -2.16. The maximum atomic E-state index is 12.5. The molecular formula is C18H17BrO6. The van der Waals surface area contributed by atoms with Crippen LogP contribution in [-0.2, 0) is 11.3 Å². The minimum absolute atomic E-state index is 0.0667. The van der Waals surface area contributed by atoms with Gasteiger partial charge >= 0.3 is 5.97 Å². The average molecular weight is 409 g/mol. The third-order valence-electron chi connectivity index (χ3n) is 3.70. The summed E-state index contributed by atoms with van der Waals surface area (Å²) < 4.78 is 27.8. The molecule has 6 nitrogen and oxygen atoms in total. The summed E-state index contributed by atoms with van der Waals surface area (Å²) in [6, 6.07) is 8.71. The number of ether oxygens (including phenoxy) is 5. The van der Waals surface area contributed by atoms with Crippen LogP contribution in [0.1, 0.15) is 15.9 Å². The van der Waals surface area contributed by atoms with Crippen LogP contribution in [0.25, 0.3) is 0 Å². The van der Waals surface area contributed by atoms with Crippen LogP contribution in [0.15, 0.2) is 34.8 Å². The molecule has 3 rings (SSSR count). The first-order chi connectivity index (χ1) is 12.1. The van der Waals surface area contributed by atoms with Crippen LogP contribution < -0.4 is 18.9 Å². The molecule has 0 unspecified atom stereocenters. The Morgan fingerprint density at radius 1 is 1.08 bits per heavy atom. The van der Waals surface area contributed by atoms with Crippen LogP contribution in [0.3, 0.4) is 0 Å². The number of methoxy groups -OCH3 is 2. The van der Waals surface area contributed by atoms with Gasteiger partial charge in [0, 0.05) is 10.0 Å². The fourth-order valence-electron chi connectivity index (χ4n) is 2.48. The van der Waals surface area contributed by atoms with Gasteiger partial charge < -0.3 is 23.7 Å². The highest BCUT2D eigenvalue weighted by molar-refractivity contribution is 9.10. The second kappa shape index (κ2) is 7.65. The summed E-state index contributed by atoms with van der Waals surface area (Å²) >= 11 is 3.46. The molecule has 0 amide bonds. The van der Waals surface area contributed by atoms with E-state index in [2.05, 4.69) is 15.9 Å². The molecule has 0 radical (unpaired) electrons. The summed E-state index contributed by atoms with van der Waals surface area (Å²) in [5.41, 5.74) is 1.02. The van der Waals surface area contributed by atoms with E-state index in [-0.39, 0.29) is 12.2 Å². The van der Waals surface area contributed by atoms with Crippen molar-refractivity contribution in [3.05, 3.63) is 45.9 Å². The van der Waals surface area contributed by atoms with Gasteiger partial charge in [-0.1, -0.05) is 22.0 Å². The zero-order valence-electron chi connectivity index (χ0n) is 13.8. The Labute approximate surface area is 153 Å². The highest BCUT2D eigenvalue weighted by Crippen LogP contribution is 2.36. The summed E-state index contributed by atoms with van der Waals surface area (Å²) in [6.07, 6.45) is 0. The lowest BCUT2D eigenvalue weighted by Gasteiger charge is -2.20. The number of hydrogen-bond donors (Lipinski definition) is 0. The molecule has 0 fully saturated rings. The molecule has 2 aromatic carbocycles. The number of hydrogen-bond acceptors (Lipinski definition) is 6. The Hall–Kier alpha value is -2.41. The maximum Gasteiger partial charge on any atom is 0.346 e. The first kappa shape index (κ1) is 17.4. The molecule has 132 valence electrons. The number of carbonyl (C=O) groups is 1. The summed E-state index contributed by atoms with van der Waals surface area (Å²) in [6.45, 7) is 1.07. The highest BCUT2D eigenvalue weighted by Gasteiger charge is 2.21. The number of fused-ring (bicyclic) bond motifs is 1. The van der Waals surface area contributed by atoms with Gasteiger partial charge in [0.25, 0.3) is 0 Å². The van der Waals surface area contributed by atoms with Crippen molar-refractivity contribution in [1.82, 2.24) is 0 Å². The van der Waals surface area contributed by atoms with Gasteiger partial charge in [0.05, 0.1) is 14.2 Å². The Bertz CT molecular complexity index is 767. The van der Waals surface area contributed by atoms with Crippen molar-refractivity contribution in [2.45, 2.75) is 6.61 Å². The molecule has 7 heteroatoms. The van der Waals surface area contributed by atoms with E-state index in [1.807, 2.05) is 0 Å². The van der Waals surface area contributed by atoms with Crippen molar-refractivity contribution < 1.29 is 28.5 Å². The van der Waals surface area contributed by atoms with Gasteiger partial charge in [0.1, 0.15) is 36.9 Å². The van der Waals surface area contributed by atoms with Crippen LogP contribution in [0.5, 0.6) is 23.0 Å². The lowest BCUT2D eigenvalue weighted by atomic mass is 10.1. The molecule has 0 saturated heterocycles. The molecule has 1 aliphatic heterocycles. The third-order valence-corrected chi connectivity index (χ3v) is 4.44. The van der Waals surface area contributed by atoms with E-state index in [4.69, 9.17) is 23.7 Å². The molecule has 25 heavy (non-hydrogen) atoms. The Morgan fingerprint density at radius 2 is 1.68 bits per heavy atom. The van der Waals surface area contributed by atoms with Gasteiger partial charge in [-0.25, -0.2) is 4.79 Å². The molecule has 0 atom stereocenters. The Morgan fingerprint density at radius 3 is 2.28 bits per heavy atom. The van der Waals surface area contributed by atoms with Crippen molar-refractivity contribution in [3.63, 3.8) is 0 Å². The van der Waals surface area contributed by atoms with E-state index in [9.17, 15) is 4.79 Å². The van der Waals surface area contributed by atoms with E-state index in [1.54, 1.807) is 30.3 Å². The van der Waals surface area contributed by atoms with E-state index in [0.29, 0.717) is 36.2 Å². The SMILES string of the molecule is COc1cccc(OC)c1C(=O)OCc1cc2c(cc1Br)OCCO2. The standard InChI is InChI=1S/C18H17BrO6/c1-21-13-4-3-5-14(22-2)17(13)18(20)25-10-11-8-15-16(9-12(11)19)24-7-6-23-15/h3-5,8-9H,6-7,10H2,1-2H3. The average Bonchev–Trinajstić information content (AvgIpc) is 2.65. The molecule has 1 heterocycles. The predicted molar refractivity (Wildman–Crippen MR) is 93.8 cm³/mol. The van der Waals surface area contributed by atoms with E-state index >= 15 is 0 Å². The zero-order valence-corrected chi connectivity index (χ0v) is 15.4. The van der Waals surface area contributed by atoms with Crippen LogP contribution in [0, 0.1) is 0 Å². The number of halogens is 1. The summed E-state index contributed by atoms with van der Waals surface area (Å²) in [4.78, 5) is 12.5. The van der Waals surface area contributed by atoms with Crippen LogP contribution in [-0.4, -0.2) is 33.4 Å². The normalized spacial score (nSPS) is 12.4. The molecule has 0 aliphatic carbocycles. The number of rotatable bonds is 5. The van der Waals surface area contributed by atoms with Gasteiger partial charge in [-0.15, -0.1) is 0 Å². The van der Waals surface area contributed by atoms with E-state index in [0.717, 1.165) is 10.0 Å². The molecule has 0 N–H and O–H groups in total. The lowest BCUT2D eigenvalue weighted by molar-refractivity contribution is 0.0463. The highest BCUT2D eigenvalue weighted by atomic mass is 79.9. The quantitative estimate of drug-likeness (QED) is 0.704. The second-order valence-corrected chi connectivity index (χ2v) is 6.06. The first-order valence-electron chi connectivity index (χ1n) is 7.60. The first-order valence-corrected chi connectivity index (χ1v) is 8.39. The molecule has 2 aromatic rings. The van der Waals surface area contributed by atoms with E-state index in [1.165, 1.54) is 14.2 Å². The largest absolute Gasteiger partial charge is 0.496 e. The molecule has 0 spiro atoms. The Kier molecular flexibility index (Phi) is 5.33. The van der Waals surface area contributed by atoms with Gasteiger partial charge in [0.2, 0.25) is 0 Å². The minimum atomic E-state index is -0.531. The van der Waals surface area contributed by atoms with Gasteiger partial charge in [0.15, 0.2) is 11.5 Å². The fourth-order valence-corrected chi connectivity index (χ4v) is 2.92. The summed E-state index contributed by atoms with van der Waals surface area (Å²) in [5.74, 6) is 1.56. The summed E-state index contributed by atoms with van der Waals surface area (Å²) in [5, 5.41) is 0.